The van der Waals surface area contributed by atoms with Crippen LogP contribution in [0, 0.1) is 0 Å². The van der Waals surface area contributed by atoms with Crippen LogP contribution >= 0.6 is 24.0 Å². The molecule has 1 aliphatic heterocycles. The highest BCUT2D eigenvalue weighted by molar-refractivity contribution is 8.27. The first-order valence-electron chi connectivity index (χ1n) is 9.77. The monoisotopic (exact) mass is 435 g/mol. The van der Waals surface area contributed by atoms with Crippen LogP contribution in [0.2, 0.25) is 0 Å². The van der Waals surface area contributed by atoms with Crippen LogP contribution in [-0.2, 0) is 4.79 Å². The number of ether oxygens (including phenoxy) is 2. The van der Waals surface area contributed by atoms with E-state index in [1.54, 1.807) is 4.90 Å². The fourth-order valence-corrected chi connectivity index (χ4v) is 4.67. The van der Waals surface area contributed by atoms with Crippen LogP contribution < -0.4 is 14.4 Å². The smallest absolute Gasteiger partial charge is 0.270 e. The first-order chi connectivity index (χ1) is 14.6. The average Bonchev–Trinajstić information content (AvgIpc) is 3.03. The van der Waals surface area contributed by atoms with Crippen molar-refractivity contribution in [3.63, 3.8) is 0 Å². The van der Waals surface area contributed by atoms with Gasteiger partial charge < -0.3 is 9.47 Å². The van der Waals surface area contributed by atoms with Gasteiger partial charge >= 0.3 is 0 Å². The second-order valence-electron chi connectivity index (χ2n) is 6.58. The maximum Gasteiger partial charge on any atom is 0.270 e. The number of hydrogen-bond donors (Lipinski definition) is 0. The van der Waals surface area contributed by atoms with Crippen LogP contribution in [0.3, 0.4) is 0 Å². The lowest BCUT2D eigenvalue weighted by atomic mass is 10.1. The lowest BCUT2D eigenvalue weighted by molar-refractivity contribution is -0.113. The summed E-state index contributed by atoms with van der Waals surface area (Å²) in [6, 6.07) is 19.5. The van der Waals surface area contributed by atoms with Crippen molar-refractivity contribution in [3.05, 3.63) is 71.1 Å². The van der Waals surface area contributed by atoms with Crippen LogP contribution in [0.1, 0.15) is 19.4 Å². The maximum atomic E-state index is 13.3. The molecule has 3 aromatic carbocycles. The number of fused-ring (bicyclic) bond motifs is 1. The van der Waals surface area contributed by atoms with Crippen molar-refractivity contribution in [2.75, 3.05) is 18.1 Å². The van der Waals surface area contributed by atoms with E-state index >= 15 is 0 Å². The summed E-state index contributed by atoms with van der Waals surface area (Å²) in [5.41, 5.74) is 1.62. The van der Waals surface area contributed by atoms with E-state index < -0.39 is 0 Å². The van der Waals surface area contributed by atoms with Gasteiger partial charge in [-0.3, -0.25) is 9.69 Å². The molecular formula is C24H21NO3S2. The summed E-state index contributed by atoms with van der Waals surface area (Å²) in [5, 5.41) is 2.06. The standard InChI is InChI=1S/C24H21NO3S2/c1-3-27-18-13-12-17(21(15-18)28-4-2)14-22-23(26)25(24(29)30-22)20-11-7-9-16-8-5-6-10-19(16)20/h5-15H,3-4H2,1-2H3/b22-14+. The average molecular weight is 436 g/mol. The third kappa shape index (κ3) is 3.93. The number of hydrogen-bond acceptors (Lipinski definition) is 5. The van der Waals surface area contributed by atoms with E-state index in [0.717, 1.165) is 27.8 Å². The predicted octanol–water partition coefficient (Wildman–Crippen LogP) is 6.04. The number of carbonyl (C=O) groups is 1. The molecule has 1 saturated heterocycles. The number of benzene rings is 3. The molecule has 0 spiro atoms. The lowest BCUT2D eigenvalue weighted by Crippen LogP contribution is -2.27. The summed E-state index contributed by atoms with van der Waals surface area (Å²) in [4.78, 5) is 15.5. The minimum atomic E-state index is -0.127. The molecule has 0 saturated carbocycles. The number of anilines is 1. The molecule has 0 radical (unpaired) electrons. The Hall–Kier alpha value is -2.83. The minimum absolute atomic E-state index is 0.127. The number of thioether (sulfide) groups is 1. The number of nitrogens with zero attached hydrogens (tertiary/aromatic N) is 1. The van der Waals surface area contributed by atoms with Crippen molar-refractivity contribution >= 4 is 56.7 Å². The Labute approximate surface area is 185 Å². The number of thiocarbonyl (C=S) groups is 1. The van der Waals surface area contributed by atoms with E-state index in [4.69, 9.17) is 21.7 Å². The lowest BCUT2D eigenvalue weighted by Gasteiger charge is -2.17. The third-order valence-corrected chi connectivity index (χ3v) is 5.99. The zero-order chi connectivity index (χ0) is 21.1. The van der Waals surface area contributed by atoms with Gasteiger partial charge in [-0.1, -0.05) is 60.4 Å². The van der Waals surface area contributed by atoms with Crippen LogP contribution in [0.15, 0.2) is 65.6 Å². The van der Waals surface area contributed by atoms with E-state index in [2.05, 4.69) is 0 Å². The number of carbonyl (C=O) groups excluding carboxylic acids is 1. The zero-order valence-corrected chi connectivity index (χ0v) is 18.4. The van der Waals surface area contributed by atoms with Gasteiger partial charge in [0.2, 0.25) is 0 Å². The summed E-state index contributed by atoms with van der Waals surface area (Å²) < 4.78 is 11.9. The second kappa shape index (κ2) is 8.90. The Balaban J connectivity index is 1.71. The van der Waals surface area contributed by atoms with Crippen molar-refractivity contribution in [2.45, 2.75) is 13.8 Å². The summed E-state index contributed by atoms with van der Waals surface area (Å²) in [6.07, 6.45) is 1.84. The van der Waals surface area contributed by atoms with Crippen molar-refractivity contribution < 1.29 is 14.3 Å². The molecule has 0 atom stereocenters. The van der Waals surface area contributed by atoms with Gasteiger partial charge in [-0.25, -0.2) is 0 Å². The fourth-order valence-electron chi connectivity index (χ4n) is 3.39. The molecule has 0 unspecified atom stereocenters. The molecule has 1 amide bonds. The van der Waals surface area contributed by atoms with Crippen LogP contribution in [0.5, 0.6) is 11.5 Å². The Morgan fingerprint density at radius 2 is 1.77 bits per heavy atom. The van der Waals surface area contributed by atoms with Crippen LogP contribution in [-0.4, -0.2) is 23.4 Å². The van der Waals surface area contributed by atoms with E-state index in [1.165, 1.54) is 11.8 Å². The molecule has 0 bridgehead atoms. The van der Waals surface area contributed by atoms with Crippen LogP contribution in [0.25, 0.3) is 16.8 Å². The van der Waals surface area contributed by atoms with E-state index in [0.29, 0.717) is 28.2 Å². The van der Waals surface area contributed by atoms with Crippen molar-refractivity contribution in [3.8, 4) is 11.5 Å². The largest absolute Gasteiger partial charge is 0.494 e. The van der Waals surface area contributed by atoms with Gasteiger partial charge in [-0.2, -0.15) is 0 Å². The highest BCUT2D eigenvalue weighted by Crippen LogP contribution is 2.40. The van der Waals surface area contributed by atoms with Gasteiger partial charge in [0, 0.05) is 17.0 Å². The Morgan fingerprint density at radius 3 is 2.57 bits per heavy atom. The van der Waals surface area contributed by atoms with Crippen molar-refractivity contribution in [1.82, 2.24) is 0 Å². The molecule has 1 heterocycles. The van der Waals surface area contributed by atoms with E-state index in [9.17, 15) is 4.79 Å². The van der Waals surface area contributed by atoms with Gasteiger partial charge in [0.1, 0.15) is 11.5 Å². The molecule has 1 fully saturated rings. The summed E-state index contributed by atoms with van der Waals surface area (Å²) in [5.74, 6) is 1.29. The first-order valence-corrected chi connectivity index (χ1v) is 11.0. The SMILES string of the molecule is CCOc1ccc(/C=C2/SC(=S)N(c3cccc4ccccc34)C2=O)c(OCC)c1. The molecule has 152 valence electrons. The van der Waals surface area contributed by atoms with Crippen molar-refractivity contribution in [1.29, 1.82) is 0 Å². The Kier molecular flexibility index (Phi) is 6.06. The fraction of sp³-hybridized carbons (Fsp3) is 0.167. The predicted molar refractivity (Wildman–Crippen MR) is 128 cm³/mol. The summed E-state index contributed by atoms with van der Waals surface area (Å²) in [6.45, 7) is 4.96. The van der Waals surface area contributed by atoms with Crippen molar-refractivity contribution in [2.24, 2.45) is 0 Å². The molecule has 4 rings (SSSR count). The normalized spacial score (nSPS) is 15.3. The molecule has 3 aromatic rings. The molecule has 0 aromatic heterocycles. The quantitative estimate of drug-likeness (QED) is 0.348. The molecule has 0 aliphatic carbocycles. The van der Waals surface area contributed by atoms with E-state index in [-0.39, 0.29) is 5.91 Å². The summed E-state index contributed by atoms with van der Waals surface area (Å²) >= 11 is 6.87. The topological polar surface area (TPSA) is 38.8 Å². The molecule has 4 nitrogen and oxygen atoms in total. The minimum Gasteiger partial charge on any atom is -0.494 e. The van der Waals surface area contributed by atoms with Gasteiger partial charge in [0.05, 0.1) is 23.8 Å². The van der Waals surface area contributed by atoms with Gasteiger partial charge in [0.25, 0.3) is 5.91 Å². The first kappa shape index (κ1) is 20.4. The molecule has 30 heavy (non-hydrogen) atoms. The highest BCUT2D eigenvalue weighted by Gasteiger charge is 2.34. The number of amides is 1. The molecule has 0 N–H and O–H groups in total. The number of rotatable bonds is 6. The zero-order valence-electron chi connectivity index (χ0n) is 16.8. The van der Waals surface area contributed by atoms with Crippen LogP contribution in [0.4, 0.5) is 5.69 Å². The molecule has 6 heteroatoms. The molecule has 1 aliphatic rings. The Morgan fingerprint density at radius 1 is 1.00 bits per heavy atom. The van der Waals surface area contributed by atoms with E-state index in [1.807, 2.05) is 80.6 Å². The highest BCUT2D eigenvalue weighted by atomic mass is 32.2. The molecular weight excluding hydrogens is 414 g/mol. The van der Waals surface area contributed by atoms with Gasteiger partial charge in [-0.15, -0.1) is 0 Å². The second-order valence-corrected chi connectivity index (χ2v) is 8.26. The summed E-state index contributed by atoms with van der Waals surface area (Å²) in [7, 11) is 0. The maximum absolute atomic E-state index is 13.3. The third-order valence-electron chi connectivity index (χ3n) is 4.68. The van der Waals surface area contributed by atoms with Gasteiger partial charge in [0.15, 0.2) is 4.32 Å². The Bertz CT molecular complexity index is 1150. The van der Waals surface area contributed by atoms with Gasteiger partial charge in [-0.05, 0) is 43.5 Å².